The predicted octanol–water partition coefficient (Wildman–Crippen LogP) is 0.817. The van der Waals surface area contributed by atoms with Crippen LogP contribution in [0.5, 0.6) is 0 Å². The van der Waals surface area contributed by atoms with Crippen LogP contribution in [0, 0.1) is 0 Å². The number of carbonyl (C=O) groups is 2. The first kappa shape index (κ1) is 16.2. The molecule has 20 heavy (non-hydrogen) atoms. The van der Waals surface area contributed by atoms with Crippen LogP contribution in [-0.4, -0.2) is 54.9 Å². The van der Waals surface area contributed by atoms with Gasteiger partial charge in [-0.3, -0.25) is 4.79 Å². The van der Waals surface area contributed by atoms with Crippen molar-refractivity contribution >= 4 is 34.2 Å². The lowest BCUT2D eigenvalue weighted by Crippen LogP contribution is -2.39. The van der Waals surface area contributed by atoms with Gasteiger partial charge in [-0.15, -0.1) is 0 Å². The summed E-state index contributed by atoms with van der Waals surface area (Å²) in [4.78, 5) is 27.2. The number of hydrogen-bond donors (Lipinski definition) is 1. The summed E-state index contributed by atoms with van der Waals surface area (Å²) in [6.07, 6.45) is 0. The van der Waals surface area contributed by atoms with Crippen molar-refractivity contribution in [3.63, 3.8) is 0 Å². The van der Waals surface area contributed by atoms with Gasteiger partial charge in [0.05, 0.1) is 13.7 Å². The first-order valence-electron chi connectivity index (χ1n) is 6.28. The number of aromatic nitrogens is 1. The molecule has 0 fully saturated rings. The molecule has 0 saturated carbocycles. The maximum Gasteiger partial charge on any atom is 0.344 e. The monoisotopic (exact) mass is 300 g/mol. The molecule has 112 valence electrons. The van der Waals surface area contributed by atoms with E-state index in [2.05, 4.69) is 9.11 Å². The summed E-state index contributed by atoms with van der Waals surface area (Å²) in [5.41, 5.74) is 5.89. The molecular formula is C12H20N4O3S. The van der Waals surface area contributed by atoms with Crippen LogP contribution in [0.4, 0.5) is 10.8 Å². The maximum absolute atomic E-state index is 12.1. The summed E-state index contributed by atoms with van der Waals surface area (Å²) >= 11 is 1.08. The number of hydrogen-bond acceptors (Lipinski definition) is 7. The molecule has 0 aliphatic carbocycles. The van der Waals surface area contributed by atoms with E-state index >= 15 is 0 Å². The van der Waals surface area contributed by atoms with Crippen LogP contribution < -0.4 is 10.6 Å². The van der Waals surface area contributed by atoms with E-state index in [1.807, 2.05) is 13.8 Å². The number of nitrogens with two attached hydrogens (primary N) is 1. The molecule has 8 heteroatoms. The molecule has 7 nitrogen and oxygen atoms in total. The molecule has 1 rings (SSSR count). The van der Waals surface area contributed by atoms with Gasteiger partial charge in [0, 0.05) is 20.1 Å². The fourth-order valence-corrected chi connectivity index (χ4v) is 2.56. The van der Waals surface area contributed by atoms with Crippen molar-refractivity contribution in [2.75, 3.05) is 44.4 Å². The number of anilines is 2. The molecule has 1 aromatic rings. The van der Waals surface area contributed by atoms with Gasteiger partial charge in [0.25, 0.3) is 0 Å². The minimum atomic E-state index is -0.548. The largest absolute Gasteiger partial charge is 0.465 e. The van der Waals surface area contributed by atoms with E-state index in [-0.39, 0.29) is 23.8 Å². The Morgan fingerprint density at radius 1 is 1.35 bits per heavy atom. The second kappa shape index (κ2) is 7.09. The number of amides is 1. The lowest BCUT2D eigenvalue weighted by atomic mass is 10.3. The van der Waals surface area contributed by atoms with E-state index in [0.717, 1.165) is 11.5 Å². The summed E-state index contributed by atoms with van der Waals surface area (Å²) < 4.78 is 8.64. The second-order valence-corrected chi connectivity index (χ2v) is 4.91. The highest BCUT2D eigenvalue weighted by atomic mass is 32.1. The Balaban J connectivity index is 2.91. The van der Waals surface area contributed by atoms with Gasteiger partial charge in [-0.1, -0.05) is 0 Å². The quantitative estimate of drug-likeness (QED) is 0.782. The summed E-state index contributed by atoms with van der Waals surface area (Å²) in [6, 6.07) is 0. The molecule has 1 amide bonds. The Morgan fingerprint density at radius 2 is 1.95 bits per heavy atom. The third-order valence-corrected chi connectivity index (χ3v) is 3.90. The normalized spacial score (nSPS) is 10.2. The first-order valence-corrected chi connectivity index (χ1v) is 7.05. The van der Waals surface area contributed by atoms with Crippen molar-refractivity contribution in [1.29, 1.82) is 0 Å². The van der Waals surface area contributed by atoms with Gasteiger partial charge in [0.2, 0.25) is 5.91 Å². The van der Waals surface area contributed by atoms with E-state index < -0.39 is 5.97 Å². The molecule has 0 unspecified atom stereocenters. The van der Waals surface area contributed by atoms with Crippen LogP contribution in [-0.2, 0) is 9.53 Å². The van der Waals surface area contributed by atoms with Crippen molar-refractivity contribution in [2.45, 2.75) is 13.8 Å². The van der Waals surface area contributed by atoms with E-state index in [1.54, 1.807) is 16.8 Å². The third kappa shape index (κ3) is 3.38. The second-order valence-electron chi connectivity index (χ2n) is 4.16. The van der Waals surface area contributed by atoms with Crippen molar-refractivity contribution in [3.05, 3.63) is 5.56 Å². The van der Waals surface area contributed by atoms with Crippen LogP contribution in [0.15, 0.2) is 0 Å². The van der Waals surface area contributed by atoms with E-state index in [4.69, 9.17) is 5.73 Å². The molecule has 0 atom stereocenters. The molecule has 2 N–H and O–H groups in total. The number of esters is 1. The average Bonchev–Trinajstić information content (AvgIpc) is 2.81. The molecule has 0 bridgehead atoms. The molecule has 0 aromatic carbocycles. The lowest BCUT2D eigenvalue weighted by Gasteiger charge is -2.23. The Morgan fingerprint density at radius 3 is 2.45 bits per heavy atom. The molecule has 0 saturated heterocycles. The summed E-state index contributed by atoms with van der Waals surface area (Å²) in [6.45, 7) is 5.31. The standard InChI is InChI=1S/C12H20N4O3S/c1-5-16(6-2)8(17)7-15(3)11-9(12(18)19-4)10(13)14-20-11/h5-7H2,1-4H3,(H2,13,14). The van der Waals surface area contributed by atoms with Crippen molar-refractivity contribution in [1.82, 2.24) is 9.27 Å². The van der Waals surface area contributed by atoms with Crippen LogP contribution in [0.2, 0.25) is 0 Å². The minimum absolute atomic E-state index is 0.0136. The zero-order chi connectivity index (χ0) is 15.3. The third-order valence-electron chi connectivity index (χ3n) is 2.93. The SMILES string of the molecule is CCN(CC)C(=O)CN(C)c1snc(N)c1C(=O)OC. The van der Waals surface area contributed by atoms with Gasteiger partial charge < -0.3 is 20.3 Å². The number of carbonyl (C=O) groups excluding carboxylic acids is 2. The molecular weight excluding hydrogens is 280 g/mol. The smallest absolute Gasteiger partial charge is 0.344 e. The van der Waals surface area contributed by atoms with E-state index in [1.165, 1.54) is 7.11 Å². The first-order chi connectivity index (χ1) is 9.46. The molecule has 1 aromatic heterocycles. The number of likely N-dealkylation sites (N-methyl/N-ethyl adjacent to an activating group) is 2. The number of rotatable bonds is 6. The Bertz CT molecular complexity index is 485. The minimum Gasteiger partial charge on any atom is -0.465 e. The maximum atomic E-state index is 12.1. The lowest BCUT2D eigenvalue weighted by molar-refractivity contribution is -0.129. The fraction of sp³-hybridized carbons (Fsp3) is 0.583. The van der Waals surface area contributed by atoms with Gasteiger partial charge in [-0.05, 0) is 25.4 Å². The van der Waals surface area contributed by atoms with E-state index in [9.17, 15) is 9.59 Å². The summed E-state index contributed by atoms with van der Waals surface area (Å²) in [5.74, 6) is -0.437. The van der Waals surface area contributed by atoms with Gasteiger partial charge in [-0.2, -0.15) is 4.37 Å². The van der Waals surface area contributed by atoms with Crippen molar-refractivity contribution in [3.8, 4) is 0 Å². The topological polar surface area (TPSA) is 88.8 Å². The molecule has 0 aliphatic heterocycles. The van der Waals surface area contributed by atoms with Crippen molar-refractivity contribution < 1.29 is 14.3 Å². The van der Waals surface area contributed by atoms with Gasteiger partial charge in [-0.25, -0.2) is 4.79 Å². The Labute approximate surface area is 122 Å². The van der Waals surface area contributed by atoms with Gasteiger partial charge in [0.1, 0.15) is 10.6 Å². The van der Waals surface area contributed by atoms with Crippen LogP contribution in [0.3, 0.4) is 0 Å². The molecule has 1 heterocycles. The predicted molar refractivity (Wildman–Crippen MR) is 79.1 cm³/mol. The van der Waals surface area contributed by atoms with Crippen LogP contribution in [0.25, 0.3) is 0 Å². The summed E-state index contributed by atoms with van der Waals surface area (Å²) in [7, 11) is 3.01. The fourth-order valence-electron chi connectivity index (χ4n) is 1.80. The van der Waals surface area contributed by atoms with Crippen LogP contribution >= 0.6 is 11.5 Å². The van der Waals surface area contributed by atoms with Gasteiger partial charge in [0.15, 0.2) is 5.82 Å². The van der Waals surface area contributed by atoms with Gasteiger partial charge >= 0.3 is 5.97 Å². The molecule has 0 radical (unpaired) electrons. The average molecular weight is 300 g/mol. The van der Waals surface area contributed by atoms with Crippen LogP contribution in [0.1, 0.15) is 24.2 Å². The number of methoxy groups -OCH3 is 1. The highest BCUT2D eigenvalue weighted by Crippen LogP contribution is 2.30. The Hall–Kier alpha value is -1.83. The number of nitrogen functional groups attached to an aromatic ring is 1. The van der Waals surface area contributed by atoms with E-state index in [0.29, 0.717) is 18.1 Å². The molecule has 0 spiro atoms. The summed E-state index contributed by atoms with van der Waals surface area (Å²) in [5, 5.41) is 0.537. The zero-order valence-electron chi connectivity index (χ0n) is 12.2. The highest BCUT2D eigenvalue weighted by Gasteiger charge is 2.24. The zero-order valence-corrected chi connectivity index (χ0v) is 13.0. The molecule has 0 aliphatic rings. The van der Waals surface area contributed by atoms with Crippen molar-refractivity contribution in [2.24, 2.45) is 0 Å². The number of nitrogens with zero attached hydrogens (tertiary/aromatic N) is 3. The number of ether oxygens (including phenoxy) is 1. The Kier molecular flexibility index (Phi) is 5.75. The highest BCUT2D eigenvalue weighted by molar-refractivity contribution is 7.11.